The van der Waals surface area contributed by atoms with Gasteiger partial charge in [0, 0.05) is 18.1 Å². The summed E-state index contributed by atoms with van der Waals surface area (Å²) in [7, 11) is 1.37. The minimum atomic E-state index is -0.235. The predicted molar refractivity (Wildman–Crippen MR) is 64.8 cm³/mol. The number of ether oxygens (including phenoxy) is 1. The molecule has 7 heteroatoms. The average Bonchev–Trinajstić information content (AvgIpc) is 2.76. The third kappa shape index (κ3) is 2.68. The van der Waals surface area contributed by atoms with E-state index in [1.807, 2.05) is 4.40 Å². The van der Waals surface area contributed by atoms with E-state index in [0.717, 1.165) is 10.7 Å². The molecule has 90 valence electrons. The van der Waals surface area contributed by atoms with Crippen molar-refractivity contribution in [3.05, 3.63) is 18.6 Å². The van der Waals surface area contributed by atoms with E-state index in [9.17, 15) is 4.79 Å². The van der Waals surface area contributed by atoms with Gasteiger partial charge in [0.2, 0.25) is 0 Å². The quantitative estimate of drug-likeness (QED) is 0.645. The van der Waals surface area contributed by atoms with Gasteiger partial charge in [0.15, 0.2) is 5.65 Å². The number of esters is 1. The van der Waals surface area contributed by atoms with Crippen LogP contribution in [0.5, 0.6) is 0 Å². The van der Waals surface area contributed by atoms with Crippen LogP contribution in [0.2, 0.25) is 0 Å². The number of methoxy groups -OCH3 is 1. The Morgan fingerprint density at radius 3 is 3.24 bits per heavy atom. The van der Waals surface area contributed by atoms with Crippen LogP contribution in [-0.2, 0) is 9.53 Å². The zero-order chi connectivity index (χ0) is 12.3. The molecule has 2 aromatic heterocycles. The zero-order valence-corrected chi connectivity index (χ0v) is 10.1. The highest BCUT2D eigenvalue weighted by Gasteiger charge is 2.08. The second kappa shape index (κ2) is 5.05. The van der Waals surface area contributed by atoms with Gasteiger partial charge in [-0.1, -0.05) is 0 Å². The summed E-state index contributed by atoms with van der Waals surface area (Å²) in [4.78, 5) is 19.4. The number of rotatable bonds is 4. The Morgan fingerprint density at radius 2 is 2.47 bits per heavy atom. The molecule has 0 amide bonds. The van der Waals surface area contributed by atoms with Crippen LogP contribution in [0.25, 0.3) is 5.65 Å². The first kappa shape index (κ1) is 11.7. The van der Waals surface area contributed by atoms with Crippen molar-refractivity contribution < 1.29 is 9.53 Å². The molecule has 0 bridgehead atoms. The first-order valence-electron chi connectivity index (χ1n) is 4.99. The summed E-state index contributed by atoms with van der Waals surface area (Å²) < 4.78 is 6.37. The van der Waals surface area contributed by atoms with E-state index in [-0.39, 0.29) is 5.97 Å². The highest BCUT2D eigenvalue weighted by Crippen LogP contribution is 2.22. The first-order chi connectivity index (χ1) is 8.20. The number of imidazole rings is 1. The van der Waals surface area contributed by atoms with Gasteiger partial charge in [-0.3, -0.25) is 4.79 Å². The van der Waals surface area contributed by atoms with Crippen molar-refractivity contribution in [1.29, 1.82) is 0 Å². The van der Waals surface area contributed by atoms with Gasteiger partial charge in [-0.15, -0.1) is 11.8 Å². The maximum absolute atomic E-state index is 11.0. The molecule has 6 nitrogen and oxygen atoms in total. The van der Waals surface area contributed by atoms with Crippen molar-refractivity contribution in [2.24, 2.45) is 0 Å². The Kier molecular flexibility index (Phi) is 3.48. The number of hydrogen-bond donors (Lipinski definition) is 1. The number of nitrogens with two attached hydrogens (primary N) is 1. The lowest BCUT2D eigenvalue weighted by atomic mass is 10.5. The molecule has 0 radical (unpaired) electrons. The van der Waals surface area contributed by atoms with E-state index < -0.39 is 0 Å². The summed E-state index contributed by atoms with van der Waals surface area (Å²) in [5, 5.41) is 0.721. The van der Waals surface area contributed by atoms with Crippen LogP contribution in [0, 0.1) is 0 Å². The van der Waals surface area contributed by atoms with Gasteiger partial charge in [0.05, 0.1) is 19.7 Å². The number of carbonyl (C=O) groups excluding carboxylic acids is 1. The fourth-order valence-corrected chi connectivity index (χ4v) is 2.27. The second-order valence-corrected chi connectivity index (χ2v) is 4.39. The topological polar surface area (TPSA) is 82.5 Å². The number of nitrogen functional groups attached to an aromatic ring is 1. The van der Waals surface area contributed by atoms with Gasteiger partial charge in [-0.2, -0.15) is 0 Å². The lowest BCUT2D eigenvalue weighted by Gasteiger charge is -2.03. The fourth-order valence-electron chi connectivity index (χ4n) is 1.35. The molecular formula is C10H12N4O2S. The summed E-state index contributed by atoms with van der Waals surface area (Å²) >= 11 is 1.44. The van der Waals surface area contributed by atoms with E-state index in [4.69, 9.17) is 5.73 Å². The summed E-state index contributed by atoms with van der Waals surface area (Å²) in [5.41, 5.74) is 6.42. The Morgan fingerprint density at radius 1 is 1.65 bits per heavy atom. The normalized spacial score (nSPS) is 10.6. The Bertz CT molecular complexity index is 540. The van der Waals surface area contributed by atoms with Gasteiger partial charge >= 0.3 is 5.97 Å². The summed E-state index contributed by atoms with van der Waals surface area (Å²) in [5.74, 6) is 0.780. The smallest absolute Gasteiger partial charge is 0.306 e. The standard InChI is InChI=1S/C10H12N4O2S/c1-16-8(15)2-5-17-10-9-12-3-4-14(9)6-7(11)13-10/h3-4,6H,2,5,11H2,1H3. The van der Waals surface area contributed by atoms with Crippen molar-refractivity contribution in [3.8, 4) is 0 Å². The molecule has 0 spiro atoms. The van der Waals surface area contributed by atoms with E-state index in [1.165, 1.54) is 18.9 Å². The van der Waals surface area contributed by atoms with Gasteiger partial charge in [-0.05, 0) is 0 Å². The van der Waals surface area contributed by atoms with E-state index in [1.54, 1.807) is 18.6 Å². The number of aromatic nitrogens is 3. The highest BCUT2D eigenvalue weighted by atomic mass is 32.2. The van der Waals surface area contributed by atoms with Gasteiger partial charge in [-0.25, -0.2) is 9.97 Å². The number of thioether (sulfide) groups is 1. The van der Waals surface area contributed by atoms with E-state index >= 15 is 0 Å². The van der Waals surface area contributed by atoms with E-state index in [0.29, 0.717) is 18.0 Å². The number of fused-ring (bicyclic) bond motifs is 1. The fraction of sp³-hybridized carbons (Fsp3) is 0.300. The molecule has 17 heavy (non-hydrogen) atoms. The third-order valence-electron chi connectivity index (χ3n) is 2.13. The van der Waals surface area contributed by atoms with Crippen molar-refractivity contribution in [3.63, 3.8) is 0 Å². The molecule has 2 rings (SSSR count). The predicted octanol–water partition coefficient (Wildman–Crippen LogP) is 0.967. The van der Waals surface area contributed by atoms with Crippen LogP contribution in [0.15, 0.2) is 23.6 Å². The summed E-state index contributed by atoms with van der Waals surface area (Å²) in [6.07, 6.45) is 5.52. The van der Waals surface area contributed by atoms with Crippen LogP contribution >= 0.6 is 11.8 Å². The molecular weight excluding hydrogens is 240 g/mol. The monoisotopic (exact) mass is 252 g/mol. The van der Waals surface area contributed by atoms with Gasteiger partial charge in [0.25, 0.3) is 0 Å². The molecule has 0 aromatic carbocycles. The molecule has 0 saturated heterocycles. The van der Waals surface area contributed by atoms with Crippen molar-refractivity contribution in [2.45, 2.75) is 11.4 Å². The van der Waals surface area contributed by atoms with Crippen molar-refractivity contribution in [1.82, 2.24) is 14.4 Å². The molecule has 2 aromatic rings. The van der Waals surface area contributed by atoms with Crippen LogP contribution in [-0.4, -0.2) is 33.2 Å². The van der Waals surface area contributed by atoms with E-state index in [2.05, 4.69) is 14.7 Å². The average molecular weight is 252 g/mol. The number of anilines is 1. The molecule has 0 atom stereocenters. The first-order valence-corrected chi connectivity index (χ1v) is 5.98. The van der Waals surface area contributed by atoms with Gasteiger partial charge in [0.1, 0.15) is 10.8 Å². The maximum Gasteiger partial charge on any atom is 0.306 e. The maximum atomic E-state index is 11.0. The molecule has 0 aliphatic rings. The third-order valence-corrected chi connectivity index (χ3v) is 3.09. The number of carbonyl (C=O) groups is 1. The zero-order valence-electron chi connectivity index (χ0n) is 9.29. The van der Waals surface area contributed by atoms with Crippen molar-refractivity contribution in [2.75, 3.05) is 18.6 Å². The summed E-state index contributed by atoms with van der Waals surface area (Å²) in [6, 6.07) is 0. The minimum absolute atomic E-state index is 0.235. The second-order valence-electron chi connectivity index (χ2n) is 3.30. The number of hydrogen-bond acceptors (Lipinski definition) is 6. The molecule has 0 fully saturated rings. The lowest BCUT2D eigenvalue weighted by Crippen LogP contribution is -2.02. The van der Waals surface area contributed by atoms with Crippen LogP contribution in [0.4, 0.5) is 5.82 Å². The molecule has 0 saturated carbocycles. The van der Waals surface area contributed by atoms with Crippen LogP contribution in [0.1, 0.15) is 6.42 Å². The molecule has 0 unspecified atom stereocenters. The molecule has 2 heterocycles. The Labute approximate surface area is 102 Å². The number of nitrogens with zero attached hydrogens (tertiary/aromatic N) is 3. The lowest BCUT2D eigenvalue weighted by molar-refractivity contribution is -0.140. The highest BCUT2D eigenvalue weighted by molar-refractivity contribution is 7.99. The van der Waals surface area contributed by atoms with Crippen LogP contribution in [0.3, 0.4) is 0 Å². The largest absolute Gasteiger partial charge is 0.469 e. The minimum Gasteiger partial charge on any atom is -0.469 e. The Hall–Kier alpha value is -1.76. The van der Waals surface area contributed by atoms with Gasteiger partial charge < -0.3 is 14.9 Å². The van der Waals surface area contributed by atoms with Crippen LogP contribution < -0.4 is 5.73 Å². The molecule has 0 aliphatic carbocycles. The molecule has 0 aliphatic heterocycles. The molecule has 2 N–H and O–H groups in total. The SMILES string of the molecule is COC(=O)CCSc1nc(N)cn2ccnc12. The van der Waals surface area contributed by atoms with Crippen molar-refractivity contribution >= 4 is 29.2 Å². The summed E-state index contributed by atoms with van der Waals surface area (Å²) in [6.45, 7) is 0. The Balaban J connectivity index is 2.12.